The van der Waals surface area contributed by atoms with Crippen LogP contribution in [-0.4, -0.2) is 0 Å². The molecule has 0 saturated carbocycles. The van der Waals surface area contributed by atoms with E-state index in [1.807, 2.05) is 12.1 Å². The molecule has 0 saturated heterocycles. The molecule has 2 aromatic rings. The van der Waals surface area contributed by atoms with Crippen molar-refractivity contribution in [3.05, 3.63) is 71.0 Å². The van der Waals surface area contributed by atoms with Gasteiger partial charge in [0.15, 0.2) is 0 Å². The lowest BCUT2D eigenvalue weighted by Crippen LogP contribution is -1.92. The van der Waals surface area contributed by atoms with Crippen LogP contribution in [0.25, 0.3) is 0 Å². The number of hydrogen-bond donors (Lipinski definition) is 0. The van der Waals surface area contributed by atoms with Crippen molar-refractivity contribution < 1.29 is 4.39 Å². The van der Waals surface area contributed by atoms with Gasteiger partial charge in [-0.05, 0) is 35.4 Å². The Morgan fingerprint density at radius 2 is 1.41 bits per heavy atom. The van der Waals surface area contributed by atoms with Crippen molar-refractivity contribution in [3.63, 3.8) is 0 Å². The first-order valence-corrected chi connectivity index (χ1v) is 6.02. The van der Waals surface area contributed by atoms with Crippen LogP contribution in [0, 0.1) is 17.1 Å². The lowest BCUT2D eigenvalue weighted by molar-refractivity contribution is 0.627. The van der Waals surface area contributed by atoms with Gasteiger partial charge in [0.05, 0.1) is 16.5 Å². The molecule has 0 spiro atoms. The number of halogens is 2. The highest BCUT2D eigenvalue weighted by Crippen LogP contribution is 2.30. The third kappa shape index (κ3) is 2.72. The smallest absolute Gasteiger partial charge is 0.123 e. The molecule has 84 valence electrons. The van der Waals surface area contributed by atoms with Crippen molar-refractivity contribution in [2.45, 2.75) is 4.83 Å². The quantitative estimate of drug-likeness (QED) is 0.761. The fraction of sp³-hybridized carbons (Fsp3) is 0.0714. The van der Waals surface area contributed by atoms with Crippen LogP contribution in [-0.2, 0) is 0 Å². The zero-order valence-corrected chi connectivity index (χ0v) is 10.5. The maximum atomic E-state index is 12.8. The minimum Gasteiger partial charge on any atom is -0.207 e. The van der Waals surface area contributed by atoms with Crippen molar-refractivity contribution in [2.75, 3.05) is 0 Å². The molecular formula is C14H9BrFN. The molecule has 3 heteroatoms. The predicted octanol–water partition coefficient (Wildman–Crippen LogP) is 4.18. The zero-order chi connectivity index (χ0) is 12.3. The SMILES string of the molecule is N#Cc1ccc(C(Br)c2ccc(F)cc2)cc1. The summed E-state index contributed by atoms with van der Waals surface area (Å²) < 4.78 is 12.8. The van der Waals surface area contributed by atoms with Gasteiger partial charge < -0.3 is 0 Å². The van der Waals surface area contributed by atoms with E-state index in [9.17, 15) is 4.39 Å². The molecule has 1 atom stereocenters. The van der Waals surface area contributed by atoms with Gasteiger partial charge in [0.1, 0.15) is 5.82 Å². The number of hydrogen-bond acceptors (Lipinski definition) is 1. The van der Waals surface area contributed by atoms with Crippen LogP contribution in [0.5, 0.6) is 0 Å². The van der Waals surface area contributed by atoms with Gasteiger partial charge >= 0.3 is 0 Å². The Balaban J connectivity index is 2.27. The second-order valence-electron chi connectivity index (χ2n) is 3.65. The van der Waals surface area contributed by atoms with Gasteiger partial charge in [0, 0.05) is 0 Å². The Morgan fingerprint density at radius 1 is 0.941 bits per heavy atom. The molecule has 1 nitrogen and oxygen atoms in total. The number of rotatable bonds is 2. The first-order chi connectivity index (χ1) is 8.20. The average molecular weight is 290 g/mol. The Morgan fingerprint density at radius 3 is 1.88 bits per heavy atom. The van der Waals surface area contributed by atoms with Crippen LogP contribution < -0.4 is 0 Å². The molecule has 2 rings (SSSR count). The highest BCUT2D eigenvalue weighted by atomic mass is 79.9. The van der Waals surface area contributed by atoms with Crippen LogP contribution in [0.3, 0.4) is 0 Å². The van der Waals surface area contributed by atoms with E-state index in [1.165, 1.54) is 12.1 Å². The van der Waals surface area contributed by atoms with Crippen molar-refractivity contribution in [3.8, 4) is 6.07 Å². The van der Waals surface area contributed by atoms with E-state index in [0.717, 1.165) is 11.1 Å². The number of alkyl halides is 1. The van der Waals surface area contributed by atoms with Crippen molar-refractivity contribution in [2.24, 2.45) is 0 Å². The van der Waals surface area contributed by atoms with Gasteiger partial charge in [-0.3, -0.25) is 0 Å². The molecule has 17 heavy (non-hydrogen) atoms. The largest absolute Gasteiger partial charge is 0.207 e. The fourth-order valence-electron chi connectivity index (χ4n) is 1.55. The fourth-order valence-corrected chi connectivity index (χ4v) is 2.16. The standard InChI is InChI=1S/C14H9BrFN/c15-14(12-5-7-13(16)8-6-12)11-3-1-10(9-17)2-4-11/h1-8,14H. The molecule has 0 amide bonds. The van der Waals surface area contributed by atoms with Crippen molar-refractivity contribution in [1.29, 1.82) is 5.26 Å². The maximum absolute atomic E-state index is 12.8. The molecule has 0 aliphatic heterocycles. The Kier molecular flexibility index (Phi) is 3.55. The van der Waals surface area contributed by atoms with Crippen LogP contribution in [0.1, 0.15) is 21.5 Å². The van der Waals surface area contributed by atoms with Crippen LogP contribution in [0.2, 0.25) is 0 Å². The zero-order valence-electron chi connectivity index (χ0n) is 8.90. The second kappa shape index (κ2) is 5.11. The average Bonchev–Trinajstić information content (AvgIpc) is 2.39. The Labute approximate surface area is 108 Å². The lowest BCUT2D eigenvalue weighted by atomic mass is 10.0. The van der Waals surface area contributed by atoms with Crippen LogP contribution in [0.15, 0.2) is 48.5 Å². The van der Waals surface area contributed by atoms with Gasteiger partial charge in [-0.15, -0.1) is 0 Å². The summed E-state index contributed by atoms with van der Waals surface area (Å²) in [5.41, 5.74) is 2.65. The number of benzene rings is 2. The molecule has 2 aromatic carbocycles. The summed E-state index contributed by atoms with van der Waals surface area (Å²) >= 11 is 3.56. The summed E-state index contributed by atoms with van der Waals surface area (Å²) in [5.74, 6) is -0.242. The summed E-state index contributed by atoms with van der Waals surface area (Å²) in [6, 6.07) is 15.8. The first kappa shape index (κ1) is 11.8. The topological polar surface area (TPSA) is 23.8 Å². The Bertz CT molecular complexity index is 540. The lowest BCUT2D eigenvalue weighted by Gasteiger charge is -2.10. The van der Waals surface area contributed by atoms with Gasteiger partial charge in [0.2, 0.25) is 0 Å². The van der Waals surface area contributed by atoms with E-state index < -0.39 is 0 Å². The summed E-state index contributed by atoms with van der Waals surface area (Å²) in [7, 11) is 0. The van der Waals surface area contributed by atoms with Gasteiger partial charge in [0.25, 0.3) is 0 Å². The maximum Gasteiger partial charge on any atom is 0.123 e. The Hall–Kier alpha value is -1.66. The monoisotopic (exact) mass is 289 g/mol. The molecule has 0 aliphatic carbocycles. The van der Waals surface area contributed by atoms with Crippen molar-refractivity contribution >= 4 is 15.9 Å². The minimum absolute atomic E-state index is 0.0100. The second-order valence-corrected chi connectivity index (χ2v) is 4.56. The van der Waals surface area contributed by atoms with E-state index in [4.69, 9.17) is 5.26 Å². The van der Waals surface area contributed by atoms with E-state index in [2.05, 4.69) is 22.0 Å². The highest BCUT2D eigenvalue weighted by Gasteiger charge is 2.09. The molecule has 0 aromatic heterocycles. The van der Waals surface area contributed by atoms with Crippen LogP contribution >= 0.6 is 15.9 Å². The van der Waals surface area contributed by atoms with Gasteiger partial charge in [-0.25, -0.2) is 4.39 Å². The summed E-state index contributed by atoms with van der Waals surface area (Å²) in [5, 5.41) is 8.71. The summed E-state index contributed by atoms with van der Waals surface area (Å²) in [6.45, 7) is 0. The summed E-state index contributed by atoms with van der Waals surface area (Å²) in [6.07, 6.45) is 0. The number of nitriles is 1. The van der Waals surface area contributed by atoms with E-state index in [-0.39, 0.29) is 10.6 Å². The summed E-state index contributed by atoms with van der Waals surface area (Å²) in [4.78, 5) is 0.0100. The van der Waals surface area contributed by atoms with Crippen molar-refractivity contribution in [1.82, 2.24) is 0 Å². The van der Waals surface area contributed by atoms with Gasteiger partial charge in [-0.1, -0.05) is 40.2 Å². The molecule has 0 fully saturated rings. The molecule has 0 aliphatic rings. The van der Waals surface area contributed by atoms with Gasteiger partial charge in [-0.2, -0.15) is 5.26 Å². The third-order valence-electron chi connectivity index (χ3n) is 2.50. The normalized spacial score (nSPS) is 11.8. The van der Waals surface area contributed by atoms with E-state index in [0.29, 0.717) is 5.56 Å². The van der Waals surface area contributed by atoms with E-state index in [1.54, 1.807) is 24.3 Å². The van der Waals surface area contributed by atoms with E-state index >= 15 is 0 Å². The molecule has 0 bridgehead atoms. The highest BCUT2D eigenvalue weighted by molar-refractivity contribution is 9.09. The molecule has 0 heterocycles. The molecule has 0 N–H and O–H groups in total. The molecule has 0 radical (unpaired) electrons. The predicted molar refractivity (Wildman–Crippen MR) is 68.3 cm³/mol. The van der Waals surface area contributed by atoms with Crippen LogP contribution in [0.4, 0.5) is 4.39 Å². The first-order valence-electron chi connectivity index (χ1n) is 5.10. The number of nitrogens with zero attached hydrogens (tertiary/aromatic N) is 1. The minimum atomic E-state index is -0.242. The molecular weight excluding hydrogens is 281 g/mol. The third-order valence-corrected chi connectivity index (χ3v) is 3.55. The molecule has 1 unspecified atom stereocenters.